The Labute approximate surface area is 205 Å². The van der Waals surface area contributed by atoms with E-state index in [2.05, 4.69) is 107 Å². The zero-order chi connectivity index (χ0) is 22.9. The van der Waals surface area contributed by atoms with Crippen molar-refractivity contribution in [3.8, 4) is 11.1 Å². The molecular weight excluding hydrogens is 487 g/mol. The first-order valence-corrected chi connectivity index (χ1v) is 13.6. The predicted molar refractivity (Wildman–Crippen MR) is 147 cm³/mol. The van der Waals surface area contributed by atoms with Gasteiger partial charge in [-0.15, -0.1) is 0 Å². The summed E-state index contributed by atoms with van der Waals surface area (Å²) < 4.78 is 0.0915. The fourth-order valence-electron chi connectivity index (χ4n) is 4.87. The van der Waals surface area contributed by atoms with Crippen molar-refractivity contribution in [3.05, 3.63) is 58.7 Å². The van der Waals surface area contributed by atoms with Gasteiger partial charge in [-0.25, -0.2) is 0 Å². The Bertz CT molecular complexity index is 899. The second-order valence-electron chi connectivity index (χ2n) is 11.3. The largest absolute Gasteiger partial charge is 0.0730 e. The Morgan fingerprint density at radius 1 is 0.710 bits per heavy atom. The quantitative estimate of drug-likeness (QED) is 0.172. The molecule has 1 aliphatic rings. The van der Waals surface area contributed by atoms with E-state index in [1.54, 1.807) is 11.1 Å². The summed E-state index contributed by atoms with van der Waals surface area (Å²) in [6, 6.07) is 14.7. The Hall–Kier alpha value is -0.830. The van der Waals surface area contributed by atoms with Crippen molar-refractivity contribution in [2.75, 3.05) is 0 Å². The molecule has 0 aliphatic heterocycles. The molecule has 0 N–H and O–H groups in total. The average molecular weight is 531 g/mol. The van der Waals surface area contributed by atoms with Gasteiger partial charge >= 0.3 is 0 Å². The lowest BCUT2D eigenvalue weighted by Crippen LogP contribution is -2.20. The van der Waals surface area contributed by atoms with Gasteiger partial charge in [0.2, 0.25) is 0 Å². The van der Waals surface area contributed by atoms with Crippen LogP contribution in [-0.2, 0) is 14.3 Å². The zero-order valence-electron chi connectivity index (χ0n) is 21.0. The first-order chi connectivity index (χ1) is 14.5. The number of fused-ring (bicyclic) bond motifs is 3. The van der Waals surface area contributed by atoms with Gasteiger partial charge in [0.15, 0.2) is 0 Å². The number of hydrogen-bond acceptors (Lipinski definition) is 0. The molecule has 2 aromatic carbocycles. The van der Waals surface area contributed by atoms with Crippen molar-refractivity contribution in [1.29, 1.82) is 0 Å². The normalized spacial score (nSPS) is 18.2. The third-order valence-corrected chi connectivity index (χ3v) is 9.29. The van der Waals surface area contributed by atoms with Crippen LogP contribution in [0.3, 0.4) is 0 Å². The number of halogens is 1. The van der Waals surface area contributed by atoms with E-state index in [4.69, 9.17) is 0 Å². The molecule has 31 heavy (non-hydrogen) atoms. The topological polar surface area (TPSA) is 0 Å². The molecule has 0 bridgehead atoms. The molecule has 170 valence electrons. The molecule has 0 heterocycles. The van der Waals surface area contributed by atoms with E-state index in [0.29, 0.717) is 0 Å². The molecule has 0 saturated carbocycles. The molecule has 0 fully saturated rings. The van der Waals surface area contributed by atoms with Gasteiger partial charge in [-0.2, -0.15) is 0 Å². The Kier molecular flexibility index (Phi) is 7.66. The number of unbranched alkanes of at least 4 members (excludes halogenated alkanes) is 5. The average Bonchev–Trinajstić information content (AvgIpc) is 2.98. The van der Waals surface area contributed by atoms with Gasteiger partial charge in [0.05, 0.1) is 3.42 Å². The lowest BCUT2D eigenvalue weighted by atomic mass is 9.79. The van der Waals surface area contributed by atoms with Crippen LogP contribution in [-0.4, -0.2) is 0 Å². The molecule has 0 spiro atoms. The number of rotatable bonds is 9. The van der Waals surface area contributed by atoms with Crippen LogP contribution in [0.15, 0.2) is 36.4 Å². The number of benzene rings is 2. The first kappa shape index (κ1) is 24.8. The van der Waals surface area contributed by atoms with Crippen molar-refractivity contribution >= 4 is 22.6 Å². The van der Waals surface area contributed by atoms with Crippen LogP contribution < -0.4 is 0 Å². The molecule has 0 saturated heterocycles. The van der Waals surface area contributed by atoms with Gasteiger partial charge in [0, 0.05) is 0 Å². The maximum Gasteiger partial charge on any atom is 0.0730 e. The van der Waals surface area contributed by atoms with Crippen LogP contribution in [0.2, 0.25) is 0 Å². The third kappa shape index (κ3) is 5.07. The molecule has 1 heteroatoms. The highest BCUT2D eigenvalue weighted by Crippen LogP contribution is 2.57. The Morgan fingerprint density at radius 3 is 1.77 bits per heavy atom. The maximum atomic E-state index is 2.82. The van der Waals surface area contributed by atoms with Gasteiger partial charge in [0.25, 0.3) is 0 Å². The fourth-order valence-corrected chi connectivity index (χ4v) is 6.14. The van der Waals surface area contributed by atoms with Gasteiger partial charge in [-0.1, -0.05) is 146 Å². The highest BCUT2D eigenvalue weighted by Gasteiger charge is 2.42. The summed E-state index contributed by atoms with van der Waals surface area (Å²) in [6.45, 7) is 16.4. The lowest BCUT2D eigenvalue weighted by Gasteiger charge is -2.30. The molecule has 2 aromatic rings. The lowest BCUT2D eigenvalue weighted by molar-refractivity contribution is 0.504. The monoisotopic (exact) mass is 530 g/mol. The van der Waals surface area contributed by atoms with E-state index >= 15 is 0 Å². The summed E-state index contributed by atoms with van der Waals surface area (Å²) in [7, 11) is 0. The van der Waals surface area contributed by atoms with Crippen molar-refractivity contribution in [1.82, 2.24) is 0 Å². The van der Waals surface area contributed by atoms with Crippen molar-refractivity contribution in [2.24, 2.45) is 0 Å². The van der Waals surface area contributed by atoms with E-state index in [1.165, 1.54) is 73.6 Å². The summed E-state index contributed by atoms with van der Waals surface area (Å²) in [5.41, 5.74) is 9.38. The van der Waals surface area contributed by atoms with Crippen molar-refractivity contribution in [2.45, 2.75) is 114 Å². The highest BCUT2D eigenvalue weighted by atomic mass is 127. The van der Waals surface area contributed by atoms with Crippen LogP contribution in [0.25, 0.3) is 11.1 Å². The van der Waals surface area contributed by atoms with Crippen molar-refractivity contribution in [3.63, 3.8) is 0 Å². The summed E-state index contributed by atoms with van der Waals surface area (Å²) in [4.78, 5) is 0. The predicted octanol–water partition coefficient (Wildman–Crippen LogP) is 10.1. The van der Waals surface area contributed by atoms with Gasteiger partial charge in [-0.05, 0) is 57.1 Å². The van der Waals surface area contributed by atoms with Gasteiger partial charge in [-0.3, -0.25) is 0 Å². The number of alkyl halides is 1. The smallest absolute Gasteiger partial charge is 0.0683 e. The van der Waals surface area contributed by atoms with E-state index in [0.717, 1.165) is 0 Å². The van der Waals surface area contributed by atoms with E-state index in [-0.39, 0.29) is 14.3 Å². The maximum absolute atomic E-state index is 2.82. The van der Waals surface area contributed by atoms with Crippen LogP contribution >= 0.6 is 22.6 Å². The van der Waals surface area contributed by atoms with Crippen LogP contribution in [0.1, 0.15) is 122 Å². The van der Waals surface area contributed by atoms with Crippen LogP contribution in [0.5, 0.6) is 0 Å². The van der Waals surface area contributed by atoms with Crippen LogP contribution in [0.4, 0.5) is 0 Å². The summed E-state index contributed by atoms with van der Waals surface area (Å²) >= 11 is 2.82. The highest BCUT2D eigenvalue weighted by molar-refractivity contribution is 14.1. The van der Waals surface area contributed by atoms with Gasteiger partial charge < -0.3 is 0 Å². The van der Waals surface area contributed by atoms with E-state index < -0.39 is 0 Å². The molecule has 0 amide bonds. The Morgan fingerprint density at radius 2 is 1.23 bits per heavy atom. The Balaban J connectivity index is 2.02. The third-order valence-electron chi connectivity index (χ3n) is 7.59. The summed E-state index contributed by atoms with van der Waals surface area (Å²) in [6.07, 6.45) is 10.5. The second kappa shape index (κ2) is 9.57. The molecule has 1 aliphatic carbocycles. The standard InChI is InChI=1S/C30H43I/c1-8-10-11-12-13-14-19-30(31)26-20-22(28(3,4)5)15-17-24(26)25-18-16-23(21-27(25)30)29(6,7)9-2/h15-18,20-21H,8-14,19H2,1-7H3. The second-order valence-corrected chi connectivity index (χ2v) is 13.2. The van der Waals surface area contributed by atoms with Gasteiger partial charge in [0.1, 0.15) is 0 Å². The first-order valence-electron chi connectivity index (χ1n) is 12.5. The summed E-state index contributed by atoms with van der Waals surface area (Å²) in [5, 5.41) is 0. The van der Waals surface area contributed by atoms with Crippen LogP contribution in [0, 0.1) is 0 Å². The number of hydrogen-bond donors (Lipinski definition) is 0. The molecule has 0 aromatic heterocycles. The minimum Gasteiger partial charge on any atom is -0.0683 e. The van der Waals surface area contributed by atoms with E-state index in [1.807, 2.05) is 0 Å². The minimum absolute atomic E-state index is 0.0915. The molecule has 1 unspecified atom stereocenters. The SMILES string of the molecule is CCCCCCCCC1(I)c2cc(C(C)(C)C)ccc2-c2ccc(C(C)(C)CC)cc21. The molecule has 0 nitrogen and oxygen atoms in total. The fraction of sp³-hybridized carbons (Fsp3) is 0.600. The molecular formula is C30H43I. The molecule has 3 rings (SSSR count). The van der Waals surface area contributed by atoms with Crippen molar-refractivity contribution < 1.29 is 0 Å². The summed E-state index contributed by atoms with van der Waals surface area (Å²) in [5.74, 6) is 0. The molecule has 0 radical (unpaired) electrons. The molecule has 1 atom stereocenters. The zero-order valence-corrected chi connectivity index (χ0v) is 23.2. The minimum atomic E-state index is 0.0915. The van der Waals surface area contributed by atoms with E-state index in [9.17, 15) is 0 Å².